The molecular formula is C24H36N2O6S. The average Bonchev–Trinajstić information content (AvgIpc) is 3.33. The molecule has 184 valence electrons. The molecule has 1 aromatic rings. The summed E-state index contributed by atoms with van der Waals surface area (Å²) in [5, 5.41) is 0. The SMILES string of the molecule is CCCN(Cc1ccc(OCC(C)C)c(OC)c1)C(=O)C1CC(=O)N(C2CCS(=O)(=O)C2)C1. The molecule has 3 rings (SSSR count). The summed E-state index contributed by atoms with van der Waals surface area (Å²) in [6.45, 7) is 8.05. The molecule has 1 aromatic carbocycles. The molecule has 2 atom stereocenters. The zero-order valence-electron chi connectivity index (χ0n) is 20.1. The number of likely N-dealkylation sites (tertiary alicyclic amines) is 1. The van der Waals surface area contributed by atoms with Crippen molar-refractivity contribution in [2.75, 3.05) is 38.3 Å². The normalized spacial score (nSPS) is 22.1. The number of hydrogen-bond donors (Lipinski definition) is 0. The number of carbonyl (C=O) groups excluding carboxylic acids is 2. The van der Waals surface area contributed by atoms with Gasteiger partial charge in [0.1, 0.15) is 0 Å². The number of rotatable bonds is 10. The number of hydrogen-bond acceptors (Lipinski definition) is 6. The molecule has 0 aliphatic carbocycles. The van der Waals surface area contributed by atoms with Gasteiger partial charge in [0.15, 0.2) is 21.3 Å². The van der Waals surface area contributed by atoms with Gasteiger partial charge in [-0.2, -0.15) is 0 Å². The smallest absolute Gasteiger partial charge is 0.228 e. The van der Waals surface area contributed by atoms with Crippen molar-refractivity contribution in [3.8, 4) is 11.5 Å². The van der Waals surface area contributed by atoms with Crippen LogP contribution in [0.1, 0.15) is 45.6 Å². The molecule has 2 saturated heterocycles. The molecule has 33 heavy (non-hydrogen) atoms. The van der Waals surface area contributed by atoms with Crippen LogP contribution in [0.25, 0.3) is 0 Å². The van der Waals surface area contributed by atoms with Gasteiger partial charge in [0.25, 0.3) is 0 Å². The van der Waals surface area contributed by atoms with Crippen molar-refractivity contribution in [2.45, 2.75) is 52.6 Å². The standard InChI is InChI=1S/C24H36N2O6S/c1-5-9-25(13-18-6-7-21(22(11-18)31-4)32-15-17(2)3)24(28)19-12-23(27)26(14-19)20-8-10-33(29,30)16-20/h6-7,11,17,19-20H,5,8-10,12-16H2,1-4H3. The van der Waals surface area contributed by atoms with Crippen LogP contribution in [-0.2, 0) is 26.0 Å². The van der Waals surface area contributed by atoms with E-state index in [1.54, 1.807) is 16.9 Å². The van der Waals surface area contributed by atoms with E-state index < -0.39 is 15.8 Å². The van der Waals surface area contributed by atoms with Crippen molar-refractivity contribution in [3.63, 3.8) is 0 Å². The van der Waals surface area contributed by atoms with Gasteiger partial charge in [-0.05, 0) is 36.5 Å². The van der Waals surface area contributed by atoms with Crippen molar-refractivity contribution in [1.29, 1.82) is 0 Å². The second-order valence-corrected chi connectivity index (χ2v) is 11.7. The maximum atomic E-state index is 13.3. The quantitative estimate of drug-likeness (QED) is 0.511. The van der Waals surface area contributed by atoms with Crippen molar-refractivity contribution in [2.24, 2.45) is 11.8 Å². The highest BCUT2D eigenvalue weighted by atomic mass is 32.2. The molecule has 0 spiro atoms. The highest BCUT2D eigenvalue weighted by molar-refractivity contribution is 7.91. The van der Waals surface area contributed by atoms with Crippen LogP contribution in [0.15, 0.2) is 18.2 Å². The maximum absolute atomic E-state index is 13.3. The summed E-state index contributed by atoms with van der Waals surface area (Å²) in [7, 11) is -1.49. The zero-order valence-corrected chi connectivity index (χ0v) is 20.9. The van der Waals surface area contributed by atoms with E-state index in [4.69, 9.17) is 9.47 Å². The summed E-state index contributed by atoms with van der Waals surface area (Å²) in [4.78, 5) is 29.3. The molecule has 2 aliphatic rings. The molecular weight excluding hydrogens is 444 g/mol. The minimum atomic E-state index is -3.09. The van der Waals surface area contributed by atoms with Crippen LogP contribution < -0.4 is 9.47 Å². The molecule has 2 unspecified atom stereocenters. The number of carbonyl (C=O) groups is 2. The van der Waals surface area contributed by atoms with Crippen LogP contribution in [-0.4, -0.2) is 74.4 Å². The highest BCUT2D eigenvalue weighted by Gasteiger charge is 2.42. The fraction of sp³-hybridized carbons (Fsp3) is 0.667. The summed E-state index contributed by atoms with van der Waals surface area (Å²) >= 11 is 0. The van der Waals surface area contributed by atoms with E-state index in [2.05, 4.69) is 13.8 Å². The maximum Gasteiger partial charge on any atom is 0.228 e. The van der Waals surface area contributed by atoms with Crippen LogP contribution in [0.5, 0.6) is 11.5 Å². The van der Waals surface area contributed by atoms with E-state index in [-0.39, 0.29) is 35.8 Å². The molecule has 0 N–H and O–H groups in total. The van der Waals surface area contributed by atoms with E-state index in [1.165, 1.54) is 0 Å². The van der Waals surface area contributed by atoms with Gasteiger partial charge in [-0.25, -0.2) is 8.42 Å². The van der Waals surface area contributed by atoms with Crippen LogP contribution in [0.3, 0.4) is 0 Å². The fourth-order valence-electron chi connectivity index (χ4n) is 4.47. The second-order valence-electron chi connectivity index (χ2n) is 9.45. The first-order valence-corrected chi connectivity index (χ1v) is 13.5. The lowest BCUT2D eigenvalue weighted by atomic mass is 10.1. The Morgan fingerprint density at radius 3 is 2.64 bits per heavy atom. The predicted octanol–water partition coefficient (Wildman–Crippen LogP) is 2.50. The fourth-order valence-corrected chi connectivity index (χ4v) is 6.20. The third kappa shape index (κ3) is 6.40. The lowest BCUT2D eigenvalue weighted by Gasteiger charge is -2.27. The number of sulfone groups is 1. The lowest BCUT2D eigenvalue weighted by molar-refractivity contribution is -0.136. The van der Waals surface area contributed by atoms with Gasteiger partial charge in [0.2, 0.25) is 11.8 Å². The summed E-state index contributed by atoms with van der Waals surface area (Å²) in [6.07, 6.45) is 1.39. The van der Waals surface area contributed by atoms with E-state index >= 15 is 0 Å². The van der Waals surface area contributed by atoms with Gasteiger partial charge in [-0.1, -0.05) is 26.8 Å². The summed E-state index contributed by atoms with van der Waals surface area (Å²) in [5.74, 6) is 1.18. The second kappa shape index (κ2) is 10.8. The van der Waals surface area contributed by atoms with Crippen molar-refractivity contribution in [1.82, 2.24) is 9.80 Å². The molecule has 0 aromatic heterocycles. The Morgan fingerprint density at radius 1 is 1.27 bits per heavy atom. The largest absolute Gasteiger partial charge is 0.493 e. The van der Waals surface area contributed by atoms with E-state index in [0.717, 1.165) is 12.0 Å². The Bertz CT molecular complexity index is 962. The Morgan fingerprint density at radius 2 is 2.03 bits per heavy atom. The van der Waals surface area contributed by atoms with E-state index in [0.29, 0.717) is 50.1 Å². The Labute approximate surface area is 197 Å². The minimum Gasteiger partial charge on any atom is -0.493 e. The monoisotopic (exact) mass is 480 g/mol. The van der Waals surface area contributed by atoms with Gasteiger partial charge in [-0.3, -0.25) is 9.59 Å². The lowest BCUT2D eigenvalue weighted by Crippen LogP contribution is -2.40. The zero-order chi connectivity index (χ0) is 24.2. The number of amides is 2. The van der Waals surface area contributed by atoms with Crippen molar-refractivity contribution < 1.29 is 27.5 Å². The Hall–Kier alpha value is -2.29. The van der Waals surface area contributed by atoms with E-state index in [1.807, 2.05) is 25.1 Å². The molecule has 2 aliphatic heterocycles. The molecule has 2 heterocycles. The third-order valence-electron chi connectivity index (χ3n) is 6.14. The van der Waals surface area contributed by atoms with Crippen LogP contribution in [0.2, 0.25) is 0 Å². The molecule has 2 fully saturated rings. The minimum absolute atomic E-state index is 0.00332. The van der Waals surface area contributed by atoms with Gasteiger partial charge >= 0.3 is 0 Å². The van der Waals surface area contributed by atoms with Gasteiger partial charge in [-0.15, -0.1) is 0 Å². The first-order valence-electron chi connectivity index (χ1n) is 11.7. The first-order chi connectivity index (χ1) is 15.6. The van der Waals surface area contributed by atoms with Crippen molar-refractivity contribution in [3.05, 3.63) is 23.8 Å². The number of methoxy groups -OCH3 is 1. The highest BCUT2D eigenvalue weighted by Crippen LogP contribution is 2.31. The first kappa shape index (κ1) is 25.3. The van der Waals surface area contributed by atoms with Crippen LogP contribution in [0, 0.1) is 11.8 Å². The Kier molecular flexibility index (Phi) is 8.26. The third-order valence-corrected chi connectivity index (χ3v) is 7.89. The van der Waals surface area contributed by atoms with Gasteiger partial charge in [0.05, 0.1) is 31.1 Å². The molecule has 2 amide bonds. The number of nitrogens with zero attached hydrogens (tertiary/aromatic N) is 2. The molecule has 8 nitrogen and oxygen atoms in total. The van der Waals surface area contributed by atoms with Gasteiger partial charge < -0.3 is 19.3 Å². The summed E-state index contributed by atoms with van der Waals surface area (Å²) in [6, 6.07) is 5.39. The molecule has 0 radical (unpaired) electrons. The van der Waals surface area contributed by atoms with Crippen LogP contribution in [0.4, 0.5) is 0 Å². The summed E-state index contributed by atoms with van der Waals surface area (Å²) in [5.41, 5.74) is 0.925. The van der Waals surface area contributed by atoms with E-state index in [9.17, 15) is 18.0 Å². The summed E-state index contributed by atoms with van der Waals surface area (Å²) < 4.78 is 35.0. The van der Waals surface area contributed by atoms with Crippen molar-refractivity contribution >= 4 is 21.7 Å². The molecule has 0 saturated carbocycles. The predicted molar refractivity (Wildman–Crippen MR) is 126 cm³/mol. The van der Waals surface area contributed by atoms with Crippen LogP contribution >= 0.6 is 0 Å². The molecule has 0 bridgehead atoms. The van der Waals surface area contributed by atoms with Gasteiger partial charge in [0, 0.05) is 32.1 Å². The topological polar surface area (TPSA) is 93.2 Å². The number of benzene rings is 1. The average molecular weight is 481 g/mol. The molecule has 9 heteroatoms. The Balaban J connectivity index is 1.68. The number of ether oxygens (including phenoxy) is 2.